The van der Waals surface area contributed by atoms with E-state index in [0.717, 1.165) is 24.8 Å². The molecule has 3 nitrogen and oxygen atoms in total. The van der Waals surface area contributed by atoms with Gasteiger partial charge < -0.3 is 4.74 Å². The van der Waals surface area contributed by atoms with Gasteiger partial charge in [0, 0.05) is 17.9 Å². The number of unbranched alkanes of at least 4 members (excludes halogenated alkanes) is 2. The monoisotopic (exact) mass is 338 g/mol. The van der Waals surface area contributed by atoms with Crippen molar-refractivity contribution in [2.45, 2.75) is 44.9 Å². The molecule has 0 amide bonds. The molecule has 132 valence electrons. The van der Waals surface area contributed by atoms with Gasteiger partial charge >= 0.3 is 5.97 Å². The van der Waals surface area contributed by atoms with Crippen LogP contribution in [0.2, 0.25) is 0 Å². The predicted molar refractivity (Wildman–Crippen MR) is 99.7 cm³/mol. The van der Waals surface area contributed by atoms with E-state index in [0.29, 0.717) is 18.6 Å². The fourth-order valence-corrected chi connectivity index (χ4v) is 2.80. The average Bonchev–Trinajstić information content (AvgIpc) is 2.66. The van der Waals surface area contributed by atoms with E-state index >= 15 is 0 Å². The largest absolute Gasteiger partial charge is 0.466 e. The third kappa shape index (κ3) is 6.54. The zero-order valence-electron chi connectivity index (χ0n) is 14.8. The zero-order valence-corrected chi connectivity index (χ0v) is 14.8. The highest BCUT2D eigenvalue weighted by atomic mass is 16.5. The smallest absolute Gasteiger partial charge is 0.306 e. The molecule has 0 aromatic heterocycles. The molecule has 0 fully saturated rings. The molecule has 0 N–H and O–H groups in total. The van der Waals surface area contributed by atoms with Crippen LogP contribution in [-0.2, 0) is 9.53 Å². The van der Waals surface area contributed by atoms with Crippen molar-refractivity contribution >= 4 is 11.8 Å². The molecule has 2 aromatic carbocycles. The van der Waals surface area contributed by atoms with Crippen molar-refractivity contribution in [1.82, 2.24) is 0 Å². The third-order valence-electron chi connectivity index (χ3n) is 4.22. The molecule has 0 radical (unpaired) electrons. The van der Waals surface area contributed by atoms with Gasteiger partial charge in [-0.3, -0.25) is 9.59 Å². The summed E-state index contributed by atoms with van der Waals surface area (Å²) in [5.41, 5.74) is 1.68. The highest BCUT2D eigenvalue weighted by Crippen LogP contribution is 2.26. The molecule has 0 saturated carbocycles. The van der Waals surface area contributed by atoms with Crippen LogP contribution in [0.15, 0.2) is 60.7 Å². The SMILES string of the molecule is CCCCCOC(=O)CC(CC(=O)c1ccccc1)c1ccccc1. The summed E-state index contributed by atoms with van der Waals surface area (Å²) in [5, 5.41) is 0. The van der Waals surface area contributed by atoms with Gasteiger partial charge in [0.2, 0.25) is 0 Å². The van der Waals surface area contributed by atoms with E-state index in [9.17, 15) is 9.59 Å². The molecule has 3 heteroatoms. The number of benzene rings is 2. The highest BCUT2D eigenvalue weighted by Gasteiger charge is 2.21. The summed E-state index contributed by atoms with van der Waals surface area (Å²) >= 11 is 0. The number of esters is 1. The van der Waals surface area contributed by atoms with Gasteiger partial charge in [0.15, 0.2) is 5.78 Å². The van der Waals surface area contributed by atoms with Crippen LogP contribution in [0.3, 0.4) is 0 Å². The minimum absolute atomic E-state index is 0.0493. The van der Waals surface area contributed by atoms with E-state index in [2.05, 4.69) is 6.92 Å². The maximum Gasteiger partial charge on any atom is 0.306 e. The van der Waals surface area contributed by atoms with Crippen molar-refractivity contribution < 1.29 is 14.3 Å². The first-order valence-electron chi connectivity index (χ1n) is 8.99. The van der Waals surface area contributed by atoms with Gasteiger partial charge in [0.05, 0.1) is 13.0 Å². The molecule has 0 spiro atoms. The molecule has 0 saturated heterocycles. The molecule has 25 heavy (non-hydrogen) atoms. The van der Waals surface area contributed by atoms with Crippen LogP contribution in [0.1, 0.15) is 60.9 Å². The van der Waals surface area contributed by atoms with E-state index in [4.69, 9.17) is 4.74 Å². The summed E-state index contributed by atoms with van der Waals surface area (Å²) in [6.07, 6.45) is 3.58. The van der Waals surface area contributed by atoms with Gasteiger partial charge in [0.1, 0.15) is 0 Å². The van der Waals surface area contributed by atoms with Crippen molar-refractivity contribution in [3.8, 4) is 0 Å². The van der Waals surface area contributed by atoms with Gasteiger partial charge in [-0.1, -0.05) is 80.4 Å². The Bertz CT molecular complexity index is 649. The summed E-state index contributed by atoms with van der Waals surface area (Å²) in [4.78, 5) is 24.7. The first-order valence-corrected chi connectivity index (χ1v) is 8.99. The lowest BCUT2D eigenvalue weighted by molar-refractivity contribution is -0.144. The Morgan fingerprint density at radius 2 is 1.52 bits per heavy atom. The number of hydrogen-bond acceptors (Lipinski definition) is 3. The van der Waals surface area contributed by atoms with Gasteiger partial charge in [-0.25, -0.2) is 0 Å². The number of hydrogen-bond donors (Lipinski definition) is 0. The Morgan fingerprint density at radius 1 is 0.880 bits per heavy atom. The molecule has 1 atom stereocenters. The van der Waals surface area contributed by atoms with Crippen LogP contribution in [0.5, 0.6) is 0 Å². The minimum Gasteiger partial charge on any atom is -0.466 e. The molecule has 0 heterocycles. The molecule has 1 unspecified atom stereocenters. The molecule has 0 aliphatic carbocycles. The molecule has 2 rings (SSSR count). The summed E-state index contributed by atoms with van der Waals surface area (Å²) in [6.45, 7) is 2.57. The first-order chi connectivity index (χ1) is 12.2. The summed E-state index contributed by atoms with van der Waals surface area (Å²) < 4.78 is 5.33. The predicted octanol–water partition coefficient (Wildman–Crippen LogP) is 5.17. The number of Topliss-reactive ketones (excluding diaryl/α,β-unsaturated/α-hetero) is 1. The summed E-state index contributed by atoms with van der Waals surface area (Å²) in [6, 6.07) is 19.0. The Kier molecular flexibility index (Phi) is 7.90. The Balaban J connectivity index is 2.01. The van der Waals surface area contributed by atoms with Crippen LogP contribution in [0.25, 0.3) is 0 Å². The van der Waals surface area contributed by atoms with Gasteiger partial charge in [-0.05, 0) is 12.0 Å². The molecule has 0 aliphatic heterocycles. The maximum absolute atomic E-state index is 12.6. The maximum atomic E-state index is 12.6. The standard InChI is InChI=1S/C22H26O3/c1-2-3-10-15-25-22(24)17-20(18-11-6-4-7-12-18)16-21(23)19-13-8-5-9-14-19/h4-9,11-14,20H,2-3,10,15-17H2,1H3. The van der Waals surface area contributed by atoms with Crippen LogP contribution >= 0.6 is 0 Å². The fraction of sp³-hybridized carbons (Fsp3) is 0.364. The lowest BCUT2D eigenvalue weighted by Crippen LogP contribution is -2.15. The van der Waals surface area contributed by atoms with E-state index < -0.39 is 0 Å². The van der Waals surface area contributed by atoms with Crippen molar-refractivity contribution in [1.29, 1.82) is 0 Å². The number of ketones is 1. The topological polar surface area (TPSA) is 43.4 Å². The van der Waals surface area contributed by atoms with Crippen molar-refractivity contribution in [2.24, 2.45) is 0 Å². The van der Waals surface area contributed by atoms with Crippen molar-refractivity contribution in [2.75, 3.05) is 6.61 Å². The Hall–Kier alpha value is -2.42. The average molecular weight is 338 g/mol. The van der Waals surface area contributed by atoms with Crippen molar-refractivity contribution in [3.63, 3.8) is 0 Å². The Labute approximate surface area is 150 Å². The normalized spacial score (nSPS) is 11.7. The van der Waals surface area contributed by atoms with Gasteiger partial charge in [0.25, 0.3) is 0 Å². The third-order valence-corrected chi connectivity index (χ3v) is 4.22. The Morgan fingerprint density at radius 3 is 2.16 bits per heavy atom. The number of ether oxygens (including phenoxy) is 1. The van der Waals surface area contributed by atoms with E-state index in [-0.39, 0.29) is 24.1 Å². The second-order valence-electron chi connectivity index (χ2n) is 6.23. The van der Waals surface area contributed by atoms with Gasteiger partial charge in [-0.2, -0.15) is 0 Å². The second-order valence-corrected chi connectivity index (χ2v) is 6.23. The lowest BCUT2D eigenvalue weighted by Gasteiger charge is -2.16. The number of carbonyl (C=O) groups excluding carboxylic acids is 2. The van der Waals surface area contributed by atoms with E-state index in [1.54, 1.807) is 0 Å². The molecule has 2 aromatic rings. The van der Waals surface area contributed by atoms with Crippen LogP contribution in [0.4, 0.5) is 0 Å². The molecule has 0 aliphatic rings. The summed E-state index contributed by atoms with van der Waals surface area (Å²) in [5.74, 6) is -0.341. The lowest BCUT2D eigenvalue weighted by atomic mass is 9.89. The summed E-state index contributed by atoms with van der Waals surface area (Å²) in [7, 11) is 0. The minimum atomic E-state index is -0.231. The fourth-order valence-electron chi connectivity index (χ4n) is 2.80. The van der Waals surface area contributed by atoms with Crippen molar-refractivity contribution in [3.05, 3.63) is 71.8 Å². The van der Waals surface area contributed by atoms with Gasteiger partial charge in [-0.15, -0.1) is 0 Å². The molecule has 0 bridgehead atoms. The quantitative estimate of drug-likeness (QED) is 0.341. The number of rotatable bonds is 10. The van der Waals surface area contributed by atoms with E-state index in [1.807, 2.05) is 60.7 Å². The molecular weight excluding hydrogens is 312 g/mol. The first kappa shape index (κ1) is 18.9. The second kappa shape index (κ2) is 10.4. The highest BCUT2D eigenvalue weighted by molar-refractivity contribution is 5.96. The van der Waals surface area contributed by atoms with E-state index in [1.165, 1.54) is 0 Å². The van der Waals surface area contributed by atoms with Crippen LogP contribution < -0.4 is 0 Å². The number of carbonyl (C=O) groups is 2. The zero-order chi connectivity index (χ0) is 17.9. The van der Waals surface area contributed by atoms with Crippen LogP contribution in [0, 0.1) is 0 Å². The molecular formula is C22H26O3. The van der Waals surface area contributed by atoms with Crippen LogP contribution in [-0.4, -0.2) is 18.4 Å².